The third-order valence-electron chi connectivity index (χ3n) is 4.62. The van der Waals surface area contributed by atoms with Gasteiger partial charge in [-0.3, -0.25) is 0 Å². The van der Waals surface area contributed by atoms with Gasteiger partial charge in [-0.25, -0.2) is 4.79 Å². The van der Waals surface area contributed by atoms with E-state index in [0.29, 0.717) is 19.4 Å². The topological polar surface area (TPSA) is 55.8 Å². The summed E-state index contributed by atoms with van der Waals surface area (Å²) in [5.41, 5.74) is 4.13. The van der Waals surface area contributed by atoms with Crippen molar-refractivity contribution in [1.29, 1.82) is 0 Å². The predicted molar refractivity (Wildman–Crippen MR) is 117 cm³/mol. The zero-order valence-electron chi connectivity index (χ0n) is 16.9. The van der Waals surface area contributed by atoms with E-state index >= 15 is 0 Å². The van der Waals surface area contributed by atoms with Crippen molar-refractivity contribution in [2.45, 2.75) is 18.9 Å². The van der Waals surface area contributed by atoms with Crippen molar-refractivity contribution in [3.8, 4) is 28.7 Å². The quantitative estimate of drug-likeness (QED) is 0.435. The van der Waals surface area contributed by atoms with Crippen LogP contribution in [-0.4, -0.2) is 30.9 Å². The van der Waals surface area contributed by atoms with Gasteiger partial charge in [0.2, 0.25) is 0 Å². The number of hydrogen-bond donors (Lipinski definition) is 1. The van der Waals surface area contributed by atoms with E-state index in [2.05, 4.69) is 36.1 Å². The highest BCUT2D eigenvalue weighted by Crippen LogP contribution is 2.22. The molecule has 0 aliphatic heterocycles. The molecule has 3 aromatic carbocycles. The molecular formula is C26H24O4. The summed E-state index contributed by atoms with van der Waals surface area (Å²) in [6.45, 7) is 0.518. The SMILES string of the molecule is CO[C@@H](Cc1ccc(C#CCCOc2ccc(-c3ccccc3)cc2)cc1)C(=O)O. The molecule has 0 bridgehead atoms. The maximum absolute atomic E-state index is 11.0. The second-order valence-corrected chi connectivity index (χ2v) is 6.75. The number of carboxylic acid groups (broad SMARTS) is 1. The maximum atomic E-state index is 11.0. The van der Waals surface area contributed by atoms with Crippen LogP contribution in [0.3, 0.4) is 0 Å². The van der Waals surface area contributed by atoms with Crippen molar-refractivity contribution in [3.63, 3.8) is 0 Å². The van der Waals surface area contributed by atoms with Gasteiger partial charge in [-0.1, -0.05) is 66.4 Å². The number of rotatable bonds is 8. The Hall–Kier alpha value is -3.55. The molecule has 0 radical (unpaired) electrons. The summed E-state index contributed by atoms with van der Waals surface area (Å²) in [6, 6.07) is 25.8. The molecule has 1 atom stereocenters. The van der Waals surface area contributed by atoms with Crippen molar-refractivity contribution in [2.75, 3.05) is 13.7 Å². The average molecular weight is 400 g/mol. The standard InChI is InChI=1S/C26H24O4/c1-29-25(26(27)28)19-21-12-10-20(11-13-21)7-5-6-18-30-24-16-14-23(15-17-24)22-8-3-2-4-9-22/h2-4,8-17,25H,6,18-19H2,1H3,(H,27,28)/t25-/m0/s1. The van der Waals surface area contributed by atoms with Crippen LogP contribution in [0, 0.1) is 11.8 Å². The molecule has 3 rings (SSSR count). The summed E-state index contributed by atoms with van der Waals surface area (Å²) < 4.78 is 10.7. The Kier molecular flexibility index (Phi) is 7.65. The molecule has 4 nitrogen and oxygen atoms in total. The lowest BCUT2D eigenvalue weighted by Crippen LogP contribution is -2.24. The van der Waals surface area contributed by atoms with Crippen LogP contribution in [0.4, 0.5) is 0 Å². The lowest BCUT2D eigenvalue weighted by atomic mass is 10.1. The lowest BCUT2D eigenvalue weighted by Gasteiger charge is -2.10. The monoisotopic (exact) mass is 400 g/mol. The van der Waals surface area contributed by atoms with Gasteiger partial charge >= 0.3 is 5.97 Å². The normalized spacial score (nSPS) is 11.2. The van der Waals surface area contributed by atoms with E-state index in [9.17, 15) is 4.79 Å². The molecule has 0 aliphatic rings. The maximum Gasteiger partial charge on any atom is 0.333 e. The largest absolute Gasteiger partial charge is 0.493 e. The first kappa shape index (κ1) is 21.2. The third-order valence-corrected chi connectivity index (χ3v) is 4.62. The van der Waals surface area contributed by atoms with Gasteiger partial charge in [0.25, 0.3) is 0 Å². The molecule has 0 fully saturated rings. The van der Waals surface area contributed by atoms with Gasteiger partial charge in [0.15, 0.2) is 6.10 Å². The van der Waals surface area contributed by atoms with Crippen LogP contribution in [0.15, 0.2) is 78.9 Å². The number of aliphatic carboxylic acids is 1. The zero-order valence-corrected chi connectivity index (χ0v) is 16.9. The van der Waals surface area contributed by atoms with E-state index < -0.39 is 12.1 Å². The van der Waals surface area contributed by atoms with E-state index in [0.717, 1.165) is 22.4 Å². The highest BCUT2D eigenvalue weighted by molar-refractivity contribution is 5.72. The first-order valence-corrected chi connectivity index (χ1v) is 9.77. The fraction of sp³-hybridized carbons (Fsp3) is 0.192. The molecular weight excluding hydrogens is 376 g/mol. The summed E-state index contributed by atoms with van der Waals surface area (Å²) in [7, 11) is 1.40. The first-order chi connectivity index (χ1) is 14.7. The molecule has 0 heterocycles. The highest BCUT2D eigenvalue weighted by atomic mass is 16.5. The van der Waals surface area contributed by atoms with Gasteiger partial charge in [0.1, 0.15) is 5.75 Å². The number of ether oxygens (including phenoxy) is 2. The lowest BCUT2D eigenvalue weighted by molar-refractivity contribution is -0.148. The Balaban J connectivity index is 1.45. The van der Waals surface area contributed by atoms with Crippen molar-refractivity contribution >= 4 is 5.97 Å². The summed E-state index contributed by atoms with van der Waals surface area (Å²) in [6.07, 6.45) is 0.115. The zero-order chi connectivity index (χ0) is 21.2. The van der Waals surface area contributed by atoms with Gasteiger partial charge < -0.3 is 14.6 Å². The summed E-state index contributed by atoms with van der Waals surface area (Å²) in [4.78, 5) is 11.0. The van der Waals surface area contributed by atoms with Gasteiger partial charge in [-0.2, -0.15) is 0 Å². The Labute approximate surface area is 177 Å². The van der Waals surface area contributed by atoms with Gasteiger partial charge in [0.05, 0.1) is 6.61 Å². The van der Waals surface area contributed by atoms with Crippen LogP contribution in [0.25, 0.3) is 11.1 Å². The minimum Gasteiger partial charge on any atom is -0.493 e. The number of benzene rings is 3. The number of carbonyl (C=O) groups is 1. The molecule has 0 spiro atoms. The van der Waals surface area contributed by atoms with Gasteiger partial charge in [-0.05, 0) is 41.0 Å². The van der Waals surface area contributed by atoms with Crippen molar-refractivity contribution in [3.05, 3.63) is 90.0 Å². The van der Waals surface area contributed by atoms with Crippen LogP contribution < -0.4 is 4.74 Å². The number of carboxylic acids is 1. The Morgan fingerprint density at radius 3 is 2.23 bits per heavy atom. The third kappa shape index (κ3) is 6.23. The van der Waals surface area contributed by atoms with Crippen LogP contribution >= 0.6 is 0 Å². The van der Waals surface area contributed by atoms with Crippen LogP contribution in [-0.2, 0) is 16.0 Å². The first-order valence-electron chi connectivity index (χ1n) is 9.77. The predicted octanol–water partition coefficient (Wildman–Crippen LogP) is 4.82. The molecule has 152 valence electrons. The smallest absolute Gasteiger partial charge is 0.333 e. The van der Waals surface area contributed by atoms with E-state index in [1.807, 2.05) is 54.6 Å². The van der Waals surface area contributed by atoms with Gasteiger partial charge in [0, 0.05) is 25.5 Å². The summed E-state index contributed by atoms with van der Waals surface area (Å²) in [5.74, 6) is 6.07. The summed E-state index contributed by atoms with van der Waals surface area (Å²) >= 11 is 0. The van der Waals surface area contributed by atoms with Crippen molar-refractivity contribution in [1.82, 2.24) is 0 Å². The molecule has 0 unspecified atom stereocenters. The Morgan fingerprint density at radius 2 is 1.60 bits per heavy atom. The van der Waals surface area contributed by atoms with Crippen molar-refractivity contribution in [2.24, 2.45) is 0 Å². The van der Waals surface area contributed by atoms with E-state index in [4.69, 9.17) is 14.6 Å². The van der Waals surface area contributed by atoms with Gasteiger partial charge in [-0.15, -0.1) is 0 Å². The second kappa shape index (κ2) is 10.8. The van der Waals surface area contributed by atoms with E-state index in [-0.39, 0.29) is 0 Å². The Bertz CT molecular complexity index is 997. The molecule has 0 amide bonds. The average Bonchev–Trinajstić information content (AvgIpc) is 2.79. The fourth-order valence-corrected chi connectivity index (χ4v) is 2.97. The Morgan fingerprint density at radius 1 is 0.933 bits per heavy atom. The van der Waals surface area contributed by atoms with Crippen LogP contribution in [0.1, 0.15) is 17.5 Å². The molecule has 0 aromatic heterocycles. The molecule has 4 heteroatoms. The van der Waals surface area contributed by atoms with Crippen LogP contribution in [0.5, 0.6) is 5.75 Å². The molecule has 0 aliphatic carbocycles. The molecule has 0 saturated heterocycles. The van der Waals surface area contributed by atoms with E-state index in [1.54, 1.807) is 0 Å². The van der Waals surface area contributed by atoms with Crippen LogP contribution in [0.2, 0.25) is 0 Å². The second-order valence-electron chi connectivity index (χ2n) is 6.75. The minimum atomic E-state index is -0.962. The minimum absolute atomic E-state index is 0.330. The molecule has 30 heavy (non-hydrogen) atoms. The summed E-state index contributed by atoms with van der Waals surface area (Å²) in [5, 5.41) is 9.04. The number of hydrogen-bond acceptors (Lipinski definition) is 3. The molecule has 3 aromatic rings. The molecule has 0 saturated carbocycles. The van der Waals surface area contributed by atoms with Crippen molar-refractivity contribution < 1.29 is 19.4 Å². The molecule has 1 N–H and O–H groups in total. The fourth-order valence-electron chi connectivity index (χ4n) is 2.97. The van der Waals surface area contributed by atoms with E-state index in [1.165, 1.54) is 12.7 Å². The number of methoxy groups -OCH3 is 1. The highest BCUT2D eigenvalue weighted by Gasteiger charge is 2.16.